The number of benzene rings is 2. The average molecular weight is 387 g/mol. The highest BCUT2D eigenvalue weighted by Crippen LogP contribution is 2.26. The van der Waals surface area contributed by atoms with Gasteiger partial charge in [0.05, 0.1) is 12.1 Å². The monoisotopic (exact) mass is 386 g/mol. The van der Waals surface area contributed by atoms with Crippen molar-refractivity contribution in [1.29, 1.82) is 0 Å². The Hall–Kier alpha value is -2.18. The minimum atomic E-state index is -0.328. The van der Waals surface area contributed by atoms with Gasteiger partial charge in [0.25, 0.3) is 0 Å². The summed E-state index contributed by atoms with van der Waals surface area (Å²) in [6, 6.07) is 13.1. The zero-order valence-electron chi connectivity index (χ0n) is 14.6. The first-order chi connectivity index (χ1) is 12.5. The zero-order valence-corrected chi connectivity index (χ0v) is 16.2. The molecule has 0 unspecified atom stereocenters. The number of thiazole rings is 1. The Morgan fingerprint density at radius 1 is 1.19 bits per heavy atom. The van der Waals surface area contributed by atoms with E-state index in [1.165, 1.54) is 28.5 Å². The van der Waals surface area contributed by atoms with Crippen LogP contribution in [0, 0.1) is 19.7 Å². The maximum atomic E-state index is 13.5. The highest BCUT2D eigenvalue weighted by atomic mass is 32.2. The van der Waals surface area contributed by atoms with Crippen molar-refractivity contribution in [3.63, 3.8) is 0 Å². The lowest BCUT2D eigenvalue weighted by molar-refractivity contribution is -0.115. The summed E-state index contributed by atoms with van der Waals surface area (Å²) < 4.78 is 14.5. The number of thioether (sulfide) groups is 1. The van der Waals surface area contributed by atoms with Crippen LogP contribution < -0.4 is 5.32 Å². The number of halogens is 1. The highest BCUT2D eigenvalue weighted by molar-refractivity contribution is 8.00. The number of nitrogens with one attached hydrogen (secondary N) is 1. The van der Waals surface area contributed by atoms with E-state index < -0.39 is 0 Å². The summed E-state index contributed by atoms with van der Waals surface area (Å²) in [5.41, 5.74) is 4.23. The number of nitrogens with zero attached hydrogens (tertiary/aromatic N) is 1. The van der Waals surface area contributed by atoms with Crippen molar-refractivity contribution < 1.29 is 9.18 Å². The van der Waals surface area contributed by atoms with E-state index in [-0.39, 0.29) is 18.1 Å². The third kappa shape index (κ3) is 5.16. The smallest absolute Gasteiger partial charge is 0.230 e. The first-order valence-corrected chi connectivity index (χ1v) is 10.0. The normalized spacial score (nSPS) is 10.7. The van der Waals surface area contributed by atoms with E-state index >= 15 is 0 Å². The highest BCUT2D eigenvalue weighted by Gasteiger charge is 2.10. The van der Waals surface area contributed by atoms with Crippen molar-refractivity contribution in [2.75, 3.05) is 5.32 Å². The summed E-state index contributed by atoms with van der Waals surface area (Å²) in [4.78, 5) is 16.6. The fourth-order valence-corrected chi connectivity index (χ4v) is 4.11. The average Bonchev–Trinajstić information content (AvgIpc) is 3.05. The van der Waals surface area contributed by atoms with Crippen molar-refractivity contribution in [2.45, 2.75) is 30.4 Å². The quantitative estimate of drug-likeness (QED) is 0.579. The van der Waals surface area contributed by atoms with Crippen LogP contribution in [0.4, 0.5) is 10.1 Å². The number of amides is 1. The van der Waals surface area contributed by atoms with Crippen LogP contribution in [0.5, 0.6) is 0 Å². The molecule has 0 aliphatic heterocycles. The van der Waals surface area contributed by atoms with Gasteiger partial charge in [0, 0.05) is 16.8 Å². The Morgan fingerprint density at radius 2 is 1.96 bits per heavy atom. The molecule has 0 bridgehead atoms. The molecule has 6 heteroatoms. The summed E-state index contributed by atoms with van der Waals surface area (Å²) in [5, 5.41) is 4.61. The molecule has 1 aromatic heterocycles. The van der Waals surface area contributed by atoms with Gasteiger partial charge < -0.3 is 5.32 Å². The molecule has 1 amide bonds. The van der Waals surface area contributed by atoms with Gasteiger partial charge in [0.15, 0.2) is 0 Å². The minimum Gasteiger partial charge on any atom is -0.326 e. The molecule has 0 saturated heterocycles. The number of carbonyl (C=O) groups is 1. The van der Waals surface area contributed by atoms with Crippen LogP contribution in [0.1, 0.15) is 22.4 Å². The maximum absolute atomic E-state index is 13.5. The van der Waals surface area contributed by atoms with Crippen LogP contribution in [0.25, 0.3) is 0 Å². The molecule has 0 radical (unpaired) electrons. The summed E-state index contributed by atoms with van der Waals surface area (Å²) in [6.45, 7) is 3.76. The van der Waals surface area contributed by atoms with Gasteiger partial charge in [-0.2, -0.15) is 0 Å². The van der Waals surface area contributed by atoms with Crippen molar-refractivity contribution in [3.05, 3.63) is 76.0 Å². The fraction of sp³-hybridized carbons (Fsp3) is 0.200. The van der Waals surface area contributed by atoms with Crippen LogP contribution in [0.2, 0.25) is 0 Å². The van der Waals surface area contributed by atoms with E-state index in [2.05, 4.69) is 41.5 Å². The molecule has 3 nitrogen and oxygen atoms in total. The number of carbonyl (C=O) groups excluding carboxylic acids is 1. The van der Waals surface area contributed by atoms with Crippen LogP contribution in [-0.4, -0.2) is 10.9 Å². The molecular formula is C20H19FN2OS2. The molecule has 0 spiro atoms. The second-order valence-electron chi connectivity index (χ2n) is 6.07. The number of hydrogen-bond acceptors (Lipinski definition) is 4. The van der Waals surface area contributed by atoms with Gasteiger partial charge in [-0.15, -0.1) is 11.3 Å². The Morgan fingerprint density at radius 3 is 2.69 bits per heavy atom. The van der Waals surface area contributed by atoms with Crippen LogP contribution >= 0.6 is 23.1 Å². The lowest BCUT2D eigenvalue weighted by Crippen LogP contribution is -2.14. The molecule has 0 atom stereocenters. The molecule has 1 N–H and O–H groups in total. The predicted octanol–water partition coefficient (Wildman–Crippen LogP) is 5.37. The number of anilines is 1. The molecule has 0 saturated carbocycles. The molecule has 3 rings (SSSR count). The lowest BCUT2D eigenvalue weighted by Gasteiger charge is -2.05. The van der Waals surface area contributed by atoms with Gasteiger partial charge in [-0.05, 0) is 37.1 Å². The van der Waals surface area contributed by atoms with E-state index in [0.717, 1.165) is 15.8 Å². The zero-order chi connectivity index (χ0) is 18.5. The SMILES string of the molecule is Cc1ccc(CSc2nc(CC(=O)Nc3ccc(C)c(F)c3)cs2)cc1. The first-order valence-electron chi connectivity index (χ1n) is 8.18. The van der Waals surface area contributed by atoms with Crippen LogP contribution in [0.3, 0.4) is 0 Å². The Kier molecular flexibility index (Phi) is 6.06. The van der Waals surface area contributed by atoms with Gasteiger partial charge in [-0.1, -0.05) is 47.7 Å². The molecule has 1 heterocycles. The molecule has 0 aliphatic rings. The number of aryl methyl sites for hydroxylation is 2. The minimum absolute atomic E-state index is 0.178. The molecule has 2 aromatic carbocycles. The van der Waals surface area contributed by atoms with Crippen LogP contribution in [-0.2, 0) is 17.0 Å². The summed E-state index contributed by atoms with van der Waals surface area (Å²) in [6.07, 6.45) is 0.178. The van der Waals surface area contributed by atoms with E-state index in [1.807, 2.05) is 5.38 Å². The van der Waals surface area contributed by atoms with Crippen molar-refractivity contribution in [2.24, 2.45) is 0 Å². The van der Waals surface area contributed by atoms with E-state index in [9.17, 15) is 9.18 Å². The third-order valence-corrected chi connectivity index (χ3v) is 5.95. The molecule has 3 aromatic rings. The molecular weight excluding hydrogens is 367 g/mol. The number of aromatic nitrogens is 1. The summed E-state index contributed by atoms with van der Waals surface area (Å²) in [5.74, 6) is 0.321. The maximum Gasteiger partial charge on any atom is 0.230 e. The fourth-order valence-electron chi connectivity index (χ4n) is 2.31. The van der Waals surface area contributed by atoms with Gasteiger partial charge in [-0.25, -0.2) is 9.37 Å². The first kappa shape index (κ1) is 18.6. The number of hydrogen-bond donors (Lipinski definition) is 1. The van der Waals surface area contributed by atoms with E-state index in [1.54, 1.807) is 30.8 Å². The second kappa shape index (κ2) is 8.47. The van der Waals surface area contributed by atoms with Crippen molar-refractivity contribution >= 4 is 34.7 Å². The molecule has 0 fully saturated rings. The van der Waals surface area contributed by atoms with Crippen LogP contribution in [0.15, 0.2) is 52.2 Å². The Balaban J connectivity index is 1.53. The van der Waals surface area contributed by atoms with Gasteiger partial charge >= 0.3 is 0 Å². The van der Waals surface area contributed by atoms with E-state index in [4.69, 9.17) is 0 Å². The molecule has 26 heavy (non-hydrogen) atoms. The van der Waals surface area contributed by atoms with Gasteiger partial charge in [0.1, 0.15) is 10.2 Å². The van der Waals surface area contributed by atoms with E-state index in [0.29, 0.717) is 11.3 Å². The Labute approximate surface area is 160 Å². The second-order valence-corrected chi connectivity index (χ2v) is 8.15. The molecule has 134 valence electrons. The van der Waals surface area contributed by atoms with Crippen molar-refractivity contribution in [3.8, 4) is 0 Å². The largest absolute Gasteiger partial charge is 0.326 e. The Bertz CT molecular complexity index is 906. The topological polar surface area (TPSA) is 42.0 Å². The summed E-state index contributed by atoms with van der Waals surface area (Å²) >= 11 is 3.20. The lowest BCUT2D eigenvalue weighted by atomic mass is 10.2. The predicted molar refractivity (Wildman–Crippen MR) is 106 cm³/mol. The van der Waals surface area contributed by atoms with Gasteiger partial charge in [-0.3, -0.25) is 4.79 Å². The molecule has 0 aliphatic carbocycles. The third-order valence-electron chi connectivity index (χ3n) is 3.81. The number of rotatable bonds is 6. The summed E-state index contributed by atoms with van der Waals surface area (Å²) in [7, 11) is 0. The standard InChI is InChI=1S/C20H19FN2OS2/c1-13-3-6-15(7-4-13)11-25-20-23-17(12-26-20)10-19(24)22-16-8-5-14(2)18(21)9-16/h3-9,12H,10-11H2,1-2H3,(H,22,24). The van der Waals surface area contributed by atoms with Crippen molar-refractivity contribution in [1.82, 2.24) is 4.98 Å². The van der Waals surface area contributed by atoms with Gasteiger partial charge in [0.2, 0.25) is 5.91 Å².